The van der Waals surface area contributed by atoms with Gasteiger partial charge in [-0.05, 0) is 44.8 Å². The zero-order chi connectivity index (χ0) is 14.6. The van der Waals surface area contributed by atoms with Gasteiger partial charge in [-0.3, -0.25) is 0 Å². The van der Waals surface area contributed by atoms with Crippen LogP contribution in [0.15, 0.2) is 54.6 Å². The molecule has 0 aliphatic rings. The van der Waals surface area contributed by atoms with E-state index in [1.165, 1.54) is 26.9 Å². The van der Waals surface area contributed by atoms with Gasteiger partial charge in [0, 0.05) is 0 Å². The fourth-order valence-electron chi connectivity index (χ4n) is 3.31. The predicted octanol–water partition coefficient (Wildman–Crippen LogP) is 3.96. The van der Waals surface area contributed by atoms with Crippen molar-refractivity contribution in [2.24, 2.45) is 5.73 Å². The van der Waals surface area contributed by atoms with Crippen molar-refractivity contribution in [2.45, 2.75) is 19.1 Å². The van der Waals surface area contributed by atoms with Gasteiger partial charge in [-0.2, -0.15) is 0 Å². The van der Waals surface area contributed by atoms with E-state index in [9.17, 15) is 5.11 Å². The Labute approximate surface area is 123 Å². The maximum atomic E-state index is 9.85. The molecule has 0 aliphatic carbocycles. The standard InChI is InChI=1S/C19H17NO/c1-11(21)19(20)16-10-8-14-6-5-12-3-2-4-13-7-9-15(16)18(14)17(12)13/h2-11,19,21H,20H2,1H3/t11-,19-/m0/s1. The lowest BCUT2D eigenvalue weighted by Crippen LogP contribution is -2.23. The SMILES string of the molecule is C[C@H](O)[C@H](N)c1ccc2ccc3cccc4ccc1c2c34. The van der Waals surface area contributed by atoms with Gasteiger partial charge in [0.25, 0.3) is 0 Å². The molecule has 0 spiro atoms. The Hall–Kier alpha value is -2.16. The smallest absolute Gasteiger partial charge is 0.0704 e. The predicted molar refractivity (Wildman–Crippen MR) is 88.8 cm³/mol. The van der Waals surface area contributed by atoms with Crippen LogP contribution in [0.5, 0.6) is 0 Å². The lowest BCUT2D eigenvalue weighted by molar-refractivity contribution is 0.165. The number of aliphatic hydroxyl groups is 1. The van der Waals surface area contributed by atoms with E-state index in [0.29, 0.717) is 0 Å². The monoisotopic (exact) mass is 275 g/mol. The third-order valence-corrected chi connectivity index (χ3v) is 4.44. The molecule has 0 saturated carbocycles. The fourth-order valence-corrected chi connectivity index (χ4v) is 3.31. The summed E-state index contributed by atoms with van der Waals surface area (Å²) in [6, 6.07) is 18.7. The van der Waals surface area contributed by atoms with E-state index in [0.717, 1.165) is 10.9 Å². The molecule has 0 unspecified atom stereocenters. The number of rotatable bonds is 2. The zero-order valence-corrected chi connectivity index (χ0v) is 11.9. The lowest BCUT2D eigenvalue weighted by Gasteiger charge is -2.19. The summed E-state index contributed by atoms with van der Waals surface area (Å²) in [7, 11) is 0. The highest BCUT2D eigenvalue weighted by Crippen LogP contribution is 2.37. The van der Waals surface area contributed by atoms with Crippen molar-refractivity contribution in [3.05, 3.63) is 60.2 Å². The van der Waals surface area contributed by atoms with E-state index in [1.54, 1.807) is 6.92 Å². The van der Waals surface area contributed by atoms with Crippen molar-refractivity contribution in [3.63, 3.8) is 0 Å². The summed E-state index contributed by atoms with van der Waals surface area (Å²) in [5, 5.41) is 17.2. The van der Waals surface area contributed by atoms with E-state index in [-0.39, 0.29) is 6.04 Å². The highest BCUT2D eigenvalue weighted by atomic mass is 16.3. The molecule has 2 heteroatoms. The molecule has 4 aromatic carbocycles. The molecule has 2 atom stereocenters. The van der Waals surface area contributed by atoms with Crippen LogP contribution in [-0.2, 0) is 0 Å². The van der Waals surface area contributed by atoms with Gasteiger partial charge in [0.15, 0.2) is 0 Å². The number of aliphatic hydroxyl groups excluding tert-OH is 1. The Morgan fingerprint density at radius 1 is 0.810 bits per heavy atom. The van der Waals surface area contributed by atoms with Gasteiger partial charge in [0.1, 0.15) is 0 Å². The Morgan fingerprint density at radius 2 is 1.38 bits per heavy atom. The van der Waals surface area contributed by atoms with E-state index < -0.39 is 6.10 Å². The van der Waals surface area contributed by atoms with Gasteiger partial charge in [-0.15, -0.1) is 0 Å². The van der Waals surface area contributed by atoms with Crippen LogP contribution in [0.1, 0.15) is 18.5 Å². The molecular formula is C19H17NO. The quantitative estimate of drug-likeness (QED) is 0.544. The van der Waals surface area contributed by atoms with Crippen LogP contribution in [0.2, 0.25) is 0 Å². The molecule has 0 aliphatic heterocycles. The first-order valence-electron chi connectivity index (χ1n) is 7.27. The van der Waals surface area contributed by atoms with E-state index in [1.807, 2.05) is 6.07 Å². The maximum absolute atomic E-state index is 9.85. The Morgan fingerprint density at radius 3 is 2.05 bits per heavy atom. The number of nitrogens with two attached hydrogens (primary N) is 1. The molecular weight excluding hydrogens is 258 g/mol. The molecule has 21 heavy (non-hydrogen) atoms. The molecule has 4 rings (SSSR count). The first kappa shape index (κ1) is 12.6. The van der Waals surface area contributed by atoms with E-state index >= 15 is 0 Å². The van der Waals surface area contributed by atoms with Crippen LogP contribution < -0.4 is 5.73 Å². The molecule has 0 bridgehead atoms. The summed E-state index contributed by atoms with van der Waals surface area (Å²) >= 11 is 0. The fraction of sp³-hybridized carbons (Fsp3) is 0.158. The van der Waals surface area contributed by atoms with Gasteiger partial charge in [-0.25, -0.2) is 0 Å². The molecule has 0 heterocycles. The first-order valence-corrected chi connectivity index (χ1v) is 7.27. The molecule has 0 saturated heterocycles. The first-order chi connectivity index (χ1) is 10.2. The van der Waals surface area contributed by atoms with Crippen molar-refractivity contribution >= 4 is 32.3 Å². The number of hydrogen-bond donors (Lipinski definition) is 2. The van der Waals surface area contributed by atoms with Gasteiger partial charge < -0.3 is 10.8 Å². The highest BCUT2D eigenvalue weighted by Gasteiger charge is 2.17. The maximum Gasteiger partial charge on any atom is 0.0704 e. The van der Waals surface area contributed by atoms with Crippen molar-refractivity contribution < 1.29 is 5.11 Å². The molecule has 3 N–H and O–H groups in total. The summed E-state index contributed by atoms with van der Waals surface area (Å²) in [5.41, 5.74) is 7.20. The minimum atomic E-state index is -0.566. The van der Waals surface area contributed by atoms with Crippen molar-refractivity contribution in [2.75, 3.05) is 0 Å². The van der Waals surface area contributed by atoms with Gasteiger partial charge in [0.2, 0.25) is 0 Å². The summed E-state index contributed by atoms with van der Waals surface area (Å²) in [5.74, 6) is 0. The second kappa shape index (κ2) is 4.42. The molecule has 0 aromatic heterocycles. The Bertz CT molecular complexity index is 926. The van der Waals surface area contributed by atoms with Gasteiger partial charge >= 0.3 is 0 Å². The van der Waals surface area contributed by atoms with E-state index in [4.69, 9.17) is 5.73 Å². The van der Waals surface area contributed by atoms with Crippen LogP contribution in [0.3, 0.4) is 0 Å². The number of hydrogen-bond acceptors (Lipinski definition) is 2. The third kappa shape index (κ3) is 1.73. The van der Waals surface area contributed by atoms with Crippen molar-refractivity contribution in [1.82, 2.24) is 0 Å². The van der Waals surface area contributed by atoms with Crippen LogP contribution in [0.25, 0.3) is 32.3 Å². The summed E-state index contributed by atoms with van der Waals surface area (Å²) in [6.07, 6.45) is -0.566. The van der Waals surface area contributed by atoms with Crippen molar-refractivity contribution in [1.29, 1.82) is 0 Å². The summed E-state index contributed by atoms with van der Waals surface area (Å²) in [4.78, 5) is 0. The highest BCUT2D eigenvalue weighted by molar-refractivity contribution is 6.23. The molecule has 104 valence electrons. The minimum Gasteiger partial charge on any atom is -0.391 e. The molecule has 2 nitrogen and oxygen atoms in total. The minimum absolute atomic E-state index is 0.366. The molecule has 0 fully saturated rings. The third-order valence-electron chi connectivity index (χ3n) is 4.44. The second-order valence-electron chi connectivity index (χ2n) is 5.78. The zero-order valence-electron chi connectivity index (χ0n) is 11.9. The van der Waals surface area contributed by atoms with E-state index in [2.05, 4.69) is 48.5 Å². The normalized spacial score (nSPS) is 15.0. The second-order valence-corrected chi connectivity index (χ2v) is 5.78. The van der Waals surface area contributed by atoms with Crippen LogP contribution in [0, 0.1) is 0 Å². The van der Waals surface area contributed by atoms with Crippen molar-refractivity contribution in [3.8, 4) is 0 Å². The van der Waals surface area contributed by atoms with Crippen LogP contribution in [0.4, 0.5) is 0 Å². The topological polar surface area (TPSA) is 46.2 Å². The lowest BCUT2D eigenvalue weighted by atomic mass is 9.89. The molecule has 0 amide bonds. The van der Waals surface area contributed by atoms with Crippen LogP contribution >= 0.6 is 0 Å². The van der Waals surface area contributed by atoms with Gasteiger partial charge in [-0.1, -0.05) is 54.6 Å². The Balaban J connectivity index is 2.20. The largest absolute Gasteiger partial charge is 0.391 e. The van der Waals surface area contributed by atoms with Crippen LogP contribution in [-0.4, -0.2) is 11.2 Å². The Kier molecular flexibility index (Phi) is 2.64. The molecule has 4 aromatic rings. The average Bonchev–Trinajstić information content (AvgIpc) is 2.51. The summed E-state index contributed by atoms with van der Waals surface area (Å²) < 4.78 is 0. The number of benzene rings is 4. The molecule has 0 radical (unpaired) electrons. The average molecular weight is 275 g/mol. The van der Waals surface area contributed by atoms with Gasteiger partial charge in [0.05, 0.1) is 12.1 Å². The summed E-state index contributed by atoms with van der Waals surface area (Å²) in [6.45, 7) is 1.74.